The molecule has 5 rings (SSSR count). The summed E-state index contributed by atoms with van der Waals surface area (Å²) in [6.45, 7) is 3.98. The molecule has 0 saturated heterocycles. The lowest BCUT2D eigenvalue weighted by Gasteiger charge is -2.14. The van der Waals surface area contributed by atoms with Crippen LogP contribution in [0, 0.1) is 12.7 Å². The smallest absolute Gasteiger partial charge is 0.322 e. The van der Waals surface area contributed by atoms with Crippen molar-refractivity contribution in [2.45, 2.75) is 26.4 Å². The van der Waals surface area contributed by atoms with Gasteiger partial charge in [0.2, 0.25) is 0 Å². The van der Waals surface area contributed by atoms with E-state index in [1.807, 2.05) is 48.7 Å². The molecule has 0 aliphatic heterocycles. The molecular weight excluding hydrogens is 496 g/mol. The molecule has 0 unspecified atom stereocenters. The number of amides is 1. The van der Waals surface area contributed by atoms with Crippen molar-refractivity contribution in [2.75, 3.05) is 5.32 Å². The van der Waals surface area contributed by atoms with Gasteiger partial charge in [-0.2, -0.15) is 13.2 Å². The van der Waals surface area contributed by atoms with Crippen LogP contribution in [0.15, 0.2) is 79.4 Å². The molecule has 0 radical (unpaired) electrons. The van der Waals surface area contributed by atoms with E-state index in [0.717, 1.165) is 39.6 Å². The highest BCUT2D eigenvalue weighted by Crippen LogP contribution is 2.34. The van der Waals surface area contributed by atoms with Crippen LogP contribution in [0.5, 0.6) is 0 Å². The minimum absolute atomic E-state index is 0.148. The Balaban J connectivity index is 1.52. The van der Waals surface area contributed by atoms with Gasteiger partial charge in [-0.15, -0.1) is 0 Å². The maximum Gasteiger partial charge on any atom is 0.419 e. The number of imidazole rings is 1. The van der Waals surface area contributed by atoms with E-state index in [0.29, 0.717) is 24.2 Å². The van der Waals surface area contributed by atoms with Gasteiger partial charge < -0.3 is 5.32 Å². The SMILES string of the molecule is CCc1ccc(C(=O)Nc2ccc(F)c(C(F)(F)F)c2)cc1-c1cc(C)cc(-c2cnc3cnccn23)c1. The van der Waals surface area contributed by atoms with Crippen LogP contribution < -0.4 is 5.32 Å². The normalized spacial score (nSPS) is 11.6. The van der Waals surface area contributed by atoms with Gasteiger partial charge in [-0.1, -0.05) is 19.1 Å². The number of nitrogens with zero attached hydrogens (tertiary/aromatic N) is 3. The van der Waals surface area contributed by atoms with E-state index >= 15 is 0 Å². The minimum Gasteiger partial charge on any atom is -0.322 e. The zero-order valence-corrected chi connectivity index (χ0v) is 20.5. The maximum atomic E-state index is 13.7. The summed E-state index contributed by atoms with van der Waals surface area (Å²) in [5, 5.41) is 2.46. The molecule has 2 aromatic heterocycles. The zero-order chi connectivity index (χ0) is 27.0. The van der Waals surface area contributed by atoms with Gasteiger partial charge in [-0.3, -0.25) is 14.2 Å². The number of nitrogens with one attached hydrogen (secondary N) is 1. The van der Waals surface area contributed by atoms with E-state index in [1.165, 1.54) is 0 Å². The van der Waals surface area contributed by atoms with E-state index in [9.17, 15) is 22.4 Å². The first-order valence-electron chi connectivity index (χ1n) is 11.8. The van der Waals surface area contributed by atoms with Crippen molar-refractivity contribution in [1.29, 1.82) is 0 Å². The molecule has 192 valence electrons. The average molecular weight is 519 g/mol. The van der Waals surface area contributed by atoms with Crippen molar-refractivity contribution >= 4 is 17.2 Å². The van der Waals surface area contributed by atoms with Gasteiger partial charge >= 0.3 is 6.18 Å². The summed E-state index contributed by atoms with van der Waals surface area (Å²) in [5.41, 5.74) is 4.93. The lowest BCUT2D eigenvalue weighted by molar-refractivity contribution is -0.139. The predicted octanol–water partition coefficient (Wildman–Crippen LogP) is 7.34. The van der Waals surface area contributed by atoms with Crippen LogP contribution in [0.2, 0.25) is 0 Å². The number of aromatic nitrogens is 3. The highest BCUT2D eigenvalue weighted by Gasteiger charge is 2.34. The van der Waals surface area contributed by atoms with Crippen LogP contribution in [0.3, 0.4) is 0 Å². The maximum absolute atomic E-state index is 13.7. The Bertz CT molecular complexity index is 1670. The molecule has 0 atom stereocenters. The second-order valence-corrected chi connectivity index (χ2v) is 8.91. The first-order chi connectivity index (χ1) is 18.1. The summed E-state index contributed by atoms with van der Waals surface area (Å²) in [6.07, 6.45) is 2.80. The molecule has 5 aromatic rings. The van der Waals surface area contributed by atoms with Crippen molar-refractivity contribution in [3.05, 3.63) is 107 Å². The summed E-state index contributed by atoms with van der Waals surface area (Å²) in [4.78, 5) is 21.5. The average Bonchev–Trinajstić information content (AvgIpc) is 3.32. The summed E-state index contributed by atoms with van der Waals surface area (Å²) in [7, 11) is 0. The van der Waals surface area contributed by atoms with Gasteiger partial charge in [0.05, 0.1) is 23.7 Å². The number of carbonyl (C=O) groups is 1. The van der Waals surface area contributed by atoms with E-state index in [4.69, 9.17) is 0 Å². The van der Waals surface area contributed by atoms with Gasteiger partial charge in [-0.25, -0.2) is 9.37 Å². The Labute approximate surface area is 215 Å². The molecule has 5 nitrogen and oxygen atoms in total. The minimum atomic E-state index is -4.87. The molecule has 2 heterocycles. The summed E-state index contributed by atoms with van der Waals surface area (Å²) < 4.78 is 54.9. The number of halogens is 4. The van der Waals surface area contributed by atoms with Crippen molar-refractivity contribution in [2.24, 2.45) is 0 Å². The molecule has 38 heavy (non-hydrogen) atoms. The number of aryl methyl sites for hydroxylation is 2. The van der Waals surface area contributed by atoms with Crippen LogP contribution in [0.1, 0.15) is 34.0 Å². The lowest BCUT2D eigenvalue weighted by atomic mass is 9.92. The number of hydrogen-bond donors (Lipinski definition) is 1. The fraction of sp³-hybridized carbons (Fsp3) is 0.138. The first kappa shape index (κ1) is 25.1. The Kier molecular flexibility index (Phi) is 6.44. The fourth-order valence-electron chi connectivity index (χ4n) is 4.46. The van der Waals surface area contributed by atoms with Crippen LogP contribution >= 0.6 is 0 Å². The van der Waals surface area contributed by atoms with Crippen molar-refractivity contribution in [3.63, 3.8) is 0 Å². The van der Waals surface area contributed by atoms with E-state index in [1.54, 1.807) is 30.7 Å². The van der Waals surface area contributed by atoms with Gasteiger partial charge in [0.25, 0.3) is 5.91 Å². The Morgan fingerprint density at radius 2 is 1.79 bits per heavy atom. The Hall–Kier alpha value is -4.53. The number of benzene rings is 3. The van der Waals surface area contributed by atoms with Crippen LogP contribution in [-0.4, -0.2) is 20.3 Å². The van der Waals surface area contributed by atoms with Gasteiger partial charge in [0.15, 0.2) is 5.65 Å². The van der Waals surface area contributed by atoms with Gasteiger partial charge in [-0.05, 0) is 78.1 Å². The molecule has 0 fully saturated rings. The molecule has 1 N–H and O–H groups in total. The van der Waals surface area contributed by atoms with Crippen molar-refractivity contribution < 1.29 is 22.4 Å². The van der Waals surface area contributed by atoms with Gasteiger partial charge in [0, 0.05) is 29.2 Å². The second-order valence-electron chi connectivity index (χ2n) is 8.91. The Morgan fingerprint density at radius 3 is 2.55 bits per heavy atom. The van der Waals surface area contributed by atoms with Gasteiger partial charge in [0.1, 0.15) is 5.82 Å². The largest absolute Gasteiger partial charge is 0.419 e. The number of hydrogen-bond acceptors (Lipinski definition) is 3. The summed E-state index contributed by atoms with van der Waals surface area (Å²) in [6, 6.07) is 13.6. The van der Waals surface area contributed by atoms with E-state index in [-0.39, 0.29) is 11.3 Å². The zero-order valence-electron chi connectivity index (χ0n) is 20.5. The molecule has 0 aliphatic rings. The predicted molar refractivity (Wildman–Crippen MR) is 137 cm³/mol. The monoisotopic (exact) mass is 518 g/mol. The Morgan fingerprint density at radius 1 is 1.00 bits per heavy atom. The lowest BCUT2D eigenvalue weighted by Crippen LogP contribution is -2.14. The van der Waals surface area contributed by atoms with Crippen molar-refractivity contribution in [3.8, 4) is 22.4 Å². The fourth-order valence-corrected chi connectivity index (χ4v) is 4.46. The molecule has 9 heteroatoms. The third-order valence-electron chi connectivity index (χ3n) is 6.28. The first-order valence-corrected chi connectivity index (χ1v) is 11.8. The molecule has 3 aromatic carbocycles. The quantitative estimate of drug-likeness (QED) is 0.248. The molecule has 0 bridgehead atoms. The highest BCUT2D eigenvalue weighted by atomic mass is 19.4. The number of carbonyl (C=O) groups excluding carboxylic acids is 1. The third-order valence-corrected chi connectivity index (χ3v) is 6.28. The molecule has 0 aliphatic carbocycles. The molecule has 0 saturated carbocycles. The molecule has 1 amide bonds. The number of anilines is 1. The standard InChI is InChI=1S/C29H22F4N4O/c1-3-18-4-5-19(28(38)36-22-6-7-25(30)24(14-22)29(31,32)33)13-23(18)20-10-17(2)11-21(12-20)26-15-35-27-16-34-8-9-37(26)27/h4-16H,3H2,1-2H3,(H,36,38). The topological polar surface area (TPSA) is 59.3 Å². The van der Waals surface area contributed by atoms with Crippen LogP contribution in [-0.2, 0) is 12.6 Å². The van der Waals surface area contributed by atoms with Crippen LogP contribution in [0.4, 0.5) is 23.2 Å². The number of alkyl halides is 3. The molecule has 0 spiro atoms. The van der Waals surface area contributed by atoms with E-state index < -0.39 is 23.5 Å². The highest BCUT2D eigenvalue weighted by molar-refractivity contribution is 6.05. The van der Waals surface area contributed by atoms with Crippen molar-refractivity contribution in [1.82, 2.24) is 14.4 Å². The van der Waals surface area contributed by atoms with Crippen LogP contribution in [0.25, 0.3) is 28.0 Å². The second kappa shape index (κ2) is 9.74. The number of fused-ring (bicyclic) bond motifs is 1. The third kappa shape index (κ3) is 4.87. The summed E-state index contributed by atoms with van der Waals surface area (Å²) >= 11 is 0. The summed E-state index contributed by atoms with van der Waals surface area (Å²) in [5.74, 6) is -2.00. The molecular formula is C29H22F4N4O. The van der Waals surface area contributed by atoms with E-state index in [2.05, 4.69) is 15.3 Å². The number of rotatable bonds is 5.